The van der Waals surface area contributed by atoms with E-state index in [4.69, 9.17) is 5.53 Å². The molecule has 0 amide bonds. The Kier molecular flexibility index (Phi) is 4.53. The fourth-order valence-electron chi connectivity index (χ4n) is 0.988. The van der Waals surface area contributed by atoms with Crippen molar-refractivity contribution >= 4 is 17.5 Å². The van der Waals surface area contributed by atoms with Crippen LogP contribution in [0.5, 0.6) is 0 Å². The van der Waals surface area contributed by atoms with Gasteiger partial charge in [-0.1, -0.05) is 17.7 Å². The first-order valence-corrected chi connectivity index (χ1v) is 4.71. The van der Waals surface area contributed by atoms with Gasteiger partial charge in [0.1, 0.15) is 0 Å². The van der Waals surface area contributed by atoms with Gasteiger partial charge < -0.3 is 4.74 Å². The monoisotopic (exact) mass is 233 g/mol. The van der Waals surface area contributed by atoms with E-state index >= 15 is 0 Å². The van der Waals surface area contributed by atoms with Crippen molar-refractivity contribution in [2.24, 2.45) is 10.2 Å². The number of nitrogens with zero attached hydrogens (tertiary/aromatic N) is 4. The van der Waals surface area contributed by atoms with Gasteiger partial charge in [0, 0.05) is 4.91 Å². The molecule has 1 aromatic carbocycles. The normalized spacial score (nSPS) is 10.4. The van der Waals surface area contributed by atoms with Gasteiger partial charge in [-0.25, -0.2) is 4.79 Å². The fourth-order valence-corrected chi connectivity index (χ4v) is 0.988. The number of azide groups is 1. The summed E-state index contributed by atoms with van der Waals surface area (Å²) in [5.41, 5.74) is 12.6. The van der Waals surface area contributed by atoms with Crippen LogP contribution in [0.15, 0.2) is 34.5 Å². The lowest BCUT2D eigenvalue weighted by Gasteiger charge is -2.02. The summed E-state index contributed by atoms with van der Waals surface area (Å²) in [7, 11) is 1.18. The Morgan fingerprint density at radius 3 is 2.59 bits per heavy atom. The quantitative estimate of drug-likeness (QED) is 0.161. The van der Waals surface area contributed by atoms with Gasteiger partial charge in [-0.2, -0.15) is 5.10 Å². The third-order valence-corrected chi connectivity index (χ3v) is 1.85. The van der Waals surface area contributed by atoms with E-state index in [0.717, 1.165) is 5.56 Å². The van der Waals surface area contributed by atoms with E-state index in [-0.39, 0.29) is 5.84 Å². The molecule has 0 aliphatic rings. The van der Waals surface area contributed by atoms with Crippen LogP contribution in [0, 0.1) is 6.92 Å². The van der Waals surface area contributed by atoms with Gasteiger partial charge in [-0.15, -0.1) is 0 Å². The number of aryl methyl sites for hydroxylation is 1. The average Bonchev–Trinajstić information content (AvgIpc) is 2.35. The number of carbonyl (C=O) groups is 1. The van der Waals surface area contributed by atoms with Crippen LogP contribution in [-0.4, -0.2) is 18.9 Å². The van der Waals surface area contributed by atoms with Gasteiger partial charge in [0.25, 0.3) is 0 Å². The minimum atomic E-state index is -0.803. The molecule has 17 heavy (non-hydrogen) atoms. The zero-order valence-corrected chi connectivity index (χ0v) is 9.41. The zero-order chi connectivity index (χ0) is 12.7. The van der Waals surface area contributed by atoms with Gasteiger partial charge in [-0.05, 0) is 29.7 Å². The molecule has 1 rings (SSSR count). The topological polar surface area (TPSA) is 99.5 Å². The summed E-state index contributed by atoms with van der Waals surface area (Å²) in [6.45, 7) is 1.95. The molecule has 0 aliphatic heterocycles. The number of nitrogens with one attached hydrogen (secondary N) is 1. The molecule has 0 radical (unpaired) electrons. The number of anilines is 1. The maximum Gasteiger partial charge on any atom is 0.360 e. The van der Waals surface area contributed by atoms with E-state index in [1.54, 1.807) is 12.1 Å². The standard InChI is InChI=1S/C10H11N5O2/c1-7-3-5-8(6-4-7)12-13-9(14-15-11)10(16)17-2/h3-6,12H,1-2H3/b13-9-. The second kappa shape index (κ2) is 6.14. The summed E-state index contributed by atoms with van der Waals surface area (Å²) in [6.07, 6.45) is 0. The predicted octanol–water partition coefficient (Wildman–Crippen LogP) is 2.20. The molecule has 1 N–H and O–H groups in total. The molecule has 0 spiro atoms. The van der Waals surface area contributed by atoms with Crippen molar-refractivity contribution in [3.8, 4) is 0 Å². The second-order valence-corrected chi connectivity index (χ2v) is 3.09. The highest BCUT2D eigenvalue weighted by Crippen LogP contribution is 2.08. The molecule has 7 heteroatoms. The Balaban J connectivity index is 2.82. The summed E-state index contributed by atoms with van der Waals surface area (Å²) in [6, 6.07) is 7.32. The molecule has 88 valence electrons. The van der Waals surface area contributed by atoms with Crippen LogP contribution in [0.4, 0.5) is 5.69 Å². The summed E-state index contributed by atoms with van der Waals surface area (Å²) >= 11 is 0. The summed E-state index contributed by atoms with van der Waals surface area (Å²) < 4.78 is 4.40. The highest BCUT2D eigenvalue weighted by Gasteiger charge is 2.08. The van der Waals surface area contributed by atoms with Crippen LogP contribution >= 0.6 is 0 Å². The third kappa shape index (κ3) is 3.84. The lowest BCUT2D eigenvalue weighted by atomic mass is 10.2. The maximum absolute atomic E-state index is 11.1. The van der Waals surface area contributed by atoms with E-state index in [0.29, 0.717) is 5.69 Å². The number of amidine groups is 1. The van der Waals surface area contributed by atoms with E-state index in [9.17, 15) is 4.79 Å². The lowest BCUT2D eigenvalue weighted by molar-refractivity contribution is -0.132. The van der Waals surface area contributed by atoms with Crippen LogP contribution in [0.25, 0.3) is 10.4 Å². The second-order valence-electron chi connectivity index (χ2n) is 3.09. The number of esters is 1. The smallest absolute Gasteiger partial charge is 0.360 e. The van der Waals surface area contributed by atoms with Crippen LogP contribution < -0.4 is 5.43 Å². The Morgan fingerprint density at radius 2 is 2.06 bits per heavy atom. The highest BCUT2D eigenvalue weighted by atomic mass is 16.5. The number of hydrazone groups is 1. The molecule has 0 heterocycles. The van der Waals surface area contributed by atoms with Crippen molar-refractivity contribution < 1.29 is 9.53 Å². The van der Waals surface area contributed by atoms with Crippen LogP contribution in [0.2, 0.25) is 0 Å². The van der Waals surface area contributed by atoms with Crippen LogP contribution in [0.3, 0.4) is 0 Å². The van der Waals surface area contributed by atoms with Gasteiger partial charge in [0.15, 0.2) is 0 Å². The predicted molar refractivity (Wildman–Crippen MR) is 63.4 cm³/mol. The minimum absolute atomic E-state index is 0.379. The largest absolute Gasteiger partial charge is 0.464 e. The van der Waals surface area contributed by atoms with Crippen molar-refractivity contribution in [3.05, 3.63) is 40.3 Å². The van der Waals surface area contributed by atoms with Crippen LogP contribution in [-0.2, 0) is 9.53 Å². The first-order valence-electron chi connectivity index (χ1n) is 4.71. The Bertz CT molecular complexity index is 474. The van der Waals surface area contributed by atoms with Gasteiger partial charge in [-0.3, -0.25) is 5.43 Å². The van der Waals surface area contributed by atoms with E-state index in [1.165, 1.54) is 7.11 Å². The number of benzene rings is 1. The number of hydrogen-bond acceptors (Lipinski definition) is 4. The van der Waals surface area contributed by atoms with Gasteiger partial charge in [0.2, 0.25) is 5.84 Å². The molecule has 0 unspecified atom stereocenters. The molecule has 0 fully saturated rings. The molecule has 0 saturated heterocycles. The number of rotatable bonds is 2. The van der Waals surface area contributed by atoms with Crippen molar-refractivity contribution in [2.45, 2.75) is 6.92 Å². The molecule has 0 atom stereocenters. The number of methoxy groups -OCH3 is 1. The molecule has 1 aromatic rings. The van der Waals surface area contributed by atoms with E-state index < -0.39 is 5.97 Å². The Labute approximate surface area is 97.7 Å². The molecule has 0 saturated carbocycles. The first kappa shape index (κ1) is 12.5. The SMILES string of the molecule is COC(=O)/C(N=[N+]=[N-])=N/Nc1ccc(C)cc1. The van der Waals surface area contributed by atoms with Crippen molar-refractivity contribution in [2.75, 3.05) is 12.5 Å². The molecule has 0 aromatic heterocycles. The van der Waals surface area contributed by atoms with Crippen molar-refractivity contribution in [1.29, 1.82) is 0 Å². The van der Waals surface area contributed by atoms with Crippen LogP contribution in [0.1, 0.15) is 5.56 Å². The number of hydrogen-bond donors (Lipinski definition) is 1. The minimum Gasteiger partial charge on any atom is -0.464 e. The lowest BCUT2D eigenvalue weighted by Crippen LogP contribution is -2.14. The van der Waals surface area contributed by atoms with Crippen molar-refractivity contribution in [1.82, 2.24) is 0 Å². The molecule has 7 nitrogen and oxygen atoms in total. The fraction of sp³-hybridized carbons (Fsp3) is 0.200. The van der Waals surface area contributed by atoms with Gasteiger partial charge >= 0.3 is 5.97 Å². The molecule has 0 bridgehead atoms. The Hall–Kier alpha value is -2.53. The Morgan fingerprint density at radius 1 is 1.41 bits per heavy atom. The molecular weight excluding hydrogens is 222 g/mol. The van der Waals surface area contributed by atoms with Gasteiger partial charge in [0.05, 0.1) is 12.8 Å². The third-order valence-electron chi connectivity index (χ3n) is 1.85. The maximum atomic E-state index is 11.1. The highest BCUT2D eigenvalue weighted by molar-refractivity contribution is 6.35. The summed E-state index contributed by atoms with van der Waals surface area (Å²) in [4.78, 5) is 13.6. The van der Waals surface area contributed by atoms with E-state index in [1.807, 2.05) is 19.1 Å². The average molecular weight is 233 g/mol. The number of ether oxygens (including phenoxy) is 1. The summed E-state index contributed by atoms with van der Waals surface area (Å²) in [5.74, 6) is -1.18. The zero-order valence-electron chi connectivity index (χ0n) is 9.41. The molecule has 0 aliphatic carbocycles. The van der Waals surface area contributed by atoms with E-state index in [2.05, 4.69) is 25.3 Å². The first-order chi connectivity index (χ1) is 8.17. The summed E-state index contributed by atoms with van der Waals surface area (Å²) in [5, 5.41) is 6.78. The van der Waals surface area contributed by atoms with Crippen molar-refractivity contribution in [3.63, 3.8) is 0 Å². The number of carbonyl (C=O) groups excluding carboxylic acids is 1. The molecular formula is C10H11N5O2.